The van der Waals surface area contributed by atoms with Crippen molar-refractivity contribution in [3.8, 4) is 0 Å². The van der Waals surface area contributed by atoms with E-state index in [9.17, 15) is 18.0 Å². The molecule has 0 aromatic carbocycles. The summed E-state index contributed by atoms with van der Waals surface area (Å²) in [5.74, 6) is -0.717. The summed E-state index contributed by atoms with van der Waals surface area (Å²) in [6.07, 6.45) is -3.03. The van der Waals surface area contributed by atoms with Crippen LogP contribution in [0.5, 0.6) is 0 Å². The van der Waals surface area contributed by atoms with Gasteiger partial charge in [0.15, 0.2) is 0 Å². The summed E-state index contributed by atoms with van der Waals surface area (Å²) >= 11 is 0. The third kappa shape index (κ3) is 5.34. The first-order chi connectivity index (χ1) is 7.88. The Morgan fingerprint density at radius 2 is 2.29 bits per heavy atom. The molecule has 0 saturated carbocycles. The van der Waals surface area contributed by atoms with Gasteiger partial charge in [-0.3, -0.25) is 4.79 Å². The van der Waals surface area contributed by atoms with Crippen LogP contribution in [-0.4, -0.2) is 29.8 Å². The highest BCUT2D eigenvalue weighted by Gasteiger charge is 2.28. The molecular formula is C9H12F3N3O2. The highest BCUT2D eigenvalue weighted by Crippen LogP contribution is 2.12. The Balaban J connectivity index is 2.27. The Bertz CT molecular complexity index is 351. The fourth-order valence-electron chi connectivity index (χ4n) is 1.02. The van der Waals surface area contributed by atoms with Gasteiger partial charge in [0.1, 0.15) is 12.8 Å². The average Bonchev–Trinajstić information content (AvgIpc) is 2.74. The summed E-state index contributed by atoms with van der Waals surface area (Å²) in [6.45, 7) is 0.380. The van der Waals surface area contributed by atoms with Gasteiger partial charge in [0, 0.05) is 12.6 Å². The van der Waals surface area contributed by atoms with Crippen molar-refractivity contribution >= 4 is 5.91 Å². The van der Waals surface area contributed by atoms with E-state index in [0.717, 1.165) is 0 Å². The van der Waals surface area contributed by atoms with Crippen molar-refractivity contribution in [2.75, 3.05) is 6.54 Å². The topological polar surface area (TPSA) is 67.2 Å². The lowest BCUT2D eigenvalue weighted by atomic mass is 10.3. The lowest BCUT2D eigenvalue weighted by Crippen LogP contribution is -2.45. The number of carbonyl (C=O) groups is 1. The Hall–Kier alpha value is -1.57. The fraction of sp³-hybridized carbons (Fsp3) is 0.556. The van der Waals surface area contributed by atoms with Gasteiger partial charge in [-0.15, -0.1) is 0 Å². The molecule has 0 fully saturated rings. The summed E-state index contributed by atoms with van der Waals surface area (Å²) < 4.78 is 40.1. The second-order valence-electron chi connectivity index (χ2n) is 3.43. The number of hydrogen-bond donors (Lipinski definition) is 2. The monoisotopic (exact) mass is 251 g/mol. The van der Waals surface area contributed by atoms with Crippen LogP contribution in [0, 0.1) is 0 Å². The number of nitrogens with zero attached hydrogens (tertiary/aromatic N) is 1. The van der Waals surface area contributed by atoms with Crippen LogP contribution in [0.15, 0.2) is 16.9 Å². The first kappa shape index (κ1) is 13.5. The highest BCUT2D eigenvalue weighted by molar-refractivity contribution is 5.81. The lowest BCUT2D eigenvalue weighted by molar-refractivity contribution is -0.139. The standard InChI is InChI=1S/C9H12F3N3O2/c1-6(8(16)14-5-9(10,11)12)13-4-7-2-3-17-15-7/h2-3,6,13H,4-5H2,1H3,(H,14,16). The van der Waals surface area contributed by atoms with Crippen molar-refractivity contribution in [1.29, 1.82) is 0 Å². The van der Waals surface area contributed by atoms with Crippen LogP contribution < -0.4 is 10.6 Å². The lowest BCUT2D eigenvalue weighted by Gasteiger charge is -2.14. The third-order valence-electron chi connectivity index (χ3n) is 1.94. The third-order valence-corrected chi connectivity index (χ3v) is 1.94. The van der Waals surface area contributed by atoms with Crippen molar-refractivity contribution < 1.29 is 22.5 Å². The largest absolute Gasteiger partial charge is 0.405 e. The fourth-order valence-corrected chi connectivity index (χ4v) is 1.02. The van der Waals surface area contributed by atoms with Gasteiger partial charge < -0.3 is 15.2 Å². The molecule has 1 amide bonds. The van der Waals surface area contributed by atoms with Gasteiger partial charge in [-0.2, -0.15) is 13.2 Å². The predicted octanol–water partition coefficient (Wildman–Crippen LogP) is 0.831. The second kappa shape index (κ2) is 5.67. The van der Waals surface area contributed by atoms with Gasteiger partial charge >= 0.3 is 6.18 Å². The summed E-state index contributed by atoms with van der Waals surface area (Å²) in [7, 11) is 0. The zero-order valence-corrected chi connectivity index (χ0v) is 9.04. The highest BCUT2D eigenvalue weighted by atomic mass is 19.4. The number of alkyl halides is 3. The molecular weight excluding hydrogens is 239 g/mol. The zero-order chi connectivity index (χ0) is 12.9. The Morgan fingerprint density at radius 3 is 2.82 bits per heavy atom. The van der Waals surface area contributed by atoms with E-state index in [1.54, 1.807) is 11.4 Å². The number of amides is 1. The van der Waals surface area contributed by atoms with Crippen LogP contribution in [-0.2, 0) is 11.3 Å². The molecule has 0 saturated heterocycles. The molecule has 0 spiro atoms. The van der Waals surface area contributed by atoms with Gasteiger partial charge in [-0.1, -0.05) is 5.16 Å². The number of hydrogen-bond acceptors (Lipinski definition) is 4. The molecule has 1 rings (SSSR count). The molecule has 0 aliphatic carbocycles. The number of rotatable bonds is 5. The Labute approximate surface area is 95.3 Å². The van der Waals surface area contributed by atoms with Gasteiger partial charge in [0.2, 0.25) is 5.91 Å². The Morgan fingerprint density at radius 1 is 1.59 bits per heavy atom. The minimum atomic E-state index is -4.40. The SMILES string of the molecule is CC(NCc1ccon1)C(=O)NCC(F)(F)F. The molecule has 96 valence electrons. The van der Waals surface area contributed by atoms with E-state index >= 15 is 0 Å². The smallest absolute Gasteiger partial charge is 0.364 e. The molecule has 2 N–H and O–H groups in total. The Kier molecular flexibility index (Phi) is 4.50. The van der Waals surface area contributed by atoms with E-state index in [2.05, 4.69) is 15.0 Å². The molecule has 1 unspecified atom stereocenters. The van der Waals surface area contributed by atoms with Crippen LogP contribution in [0.4, 0.5) is 13.2 Å². The van der Waals surface area contributed by atoms with Crippen LogP contribution in [0.2, 0.25) is 0 Å². The maximum Gasteiger partial charge on any atom is 0.405 e. The van der Waals surface area contributed by atoms with Crippen LogP contribution in [0.3, 0.4) is 0 Å². The van der Waals surface area contributed by atoms with Crippen molar-refractivity contribution in [2.24, 2.45) is 0 Å². The van der Waals surface area contributed by atoms with E-state index in [0.29, 0.717) is 5.69 Å². The number of nitrogens with one attached hydrogen (secondary N) is 2. The summed E-state index contributed by atoms with van der Waals surface area (Å²) in [4.78, 5) is 11.2. The van der Waals surface area contributed by atoms with E-state index < -0.39 is 24.7 Å². The van der Waals surface area contributed by atoms with Crippen LogP contribution in [0.1, 0.15) is 12.6 Å². The molecule has 1 heterocycles. The summed E-state index contributed by atoms with van der Waals surface area (Å²) in [6, 6.07) is 0.849. The van der Waals surface area contributed by atoms with Crippen LogP contribution in [0.25, 0.3) is 0 Å². The minimum Gasteiger partial charge on any atom is -0.364 e. The molecule has 8 heteroatoms. The van der Waals surface area contributed by atoms with Crippen LogP contribution >= 0.6 is 0 Å². The zero-order valence-electron chi connectivity index (χ0n) is 9.04. The molecule has 5 nitrogen and oxygen atoms in total. The van der Waals surface area contributed by atoms with E-state index in [1.807, 2.05) is 0 Å². The average molecular weight is 251 g/mol. The van der Waals surface area contributed by atoms with Gasteiger partial charge in [-0.25, -0.2) is 0 Å². The molecule has 0 aliphatic rings. The molecule has 17 heavy (non-hydrogen) atoms. The molecule has 0 bridgehead atoms. The number of carbonyl (C=O) groups excluding carboxylic acids is 1. The number of aromatic nitrogens is 1. The van der Waals surface area contributed by atoms with Crippen molar-refractivity contribution in [2.45, 2.75) is 25.7 Å². The number of halogens is 3. The molecule has 1 aromatic heterocycles. The van der Waals surface area contributed by atoms with E-state index in [1.165, 1.54) is 13.2 Å². The second-order valence-corrected chi connectivity index (χ2v) is 3.43. The summed E-state index contributed by atoms with van der Waals surface area (Å²) in [5, 5.41) is 8.08. The van der Waals surface area contributed by atoms with E-state index in [4.69, 9.17) is 0 Å². The van der Waals surface area contributed by atoms with Crippen molar-refractivity contribution in [3.63, 3.8) is 0 Å². The van der Waals surface area contributed by atoms with Gasteiger partial charge in [0.25, 0.3) is 0 Å². The molecule has 0 radical (unpaired) electrons. The van der Waals surface area contributed by atoms with Crippen molar-refractivity contribution in [1.82, 2.24) is 15.8 Å². The molecule has 1 aromatic rings. The van der Waals surface area contributed by atoms with Gasteiger partial charge in [-0.05, 0) is 6.92 Å². The first-order valence-electron chi connectivity index (χ1n) is 4.85. The minimum absolute atomic E-state index is 0.247. The maximum absolute atomic E-state index is 11.8. The maximum atomic E-state index is 11.8. The quantitative estimate of drug-likeness (QED) is 0.813. The first-order valence-corrected chi connectivity index (χ1v) is 4.85. The van der Waals surface area contributed by atoms with Gasteiger partial charge in [0.05, 0.1) is 11.7 Å². The molecule has 1 atom stereocenters. The molecule has 0 aliphatic heterocycles. The normalized spacial score (nSPS) is 13.4. The summed E-state index contributed by atoms with van der Waals surface area (Å²) in [5.41, 5.74) is 0.570. The predicted molar refractivity (Wildman–Crippen MR) is 51.9 cm³/mol. The van der Waals surface area contributed by atoms with E-state index in [-0.39, 0.29) is 6.54 Å². The van der Waals surface area contributed by atoms with Crippen molar-refractivity contribution in [3.05, 3.63) is 18.0 Å².